The van der Waals surface area contributed by atoms with Crippen LogP contribution in [0.15, 0.2) is 24.3 Å². The number of amides is 3. The van der Waals surface area contributed by atoms with E-state index in [2.05, 4.69) is 11.4 Å². The minimum Gasteiger partial charge on any atom is -0.465 e. The number of hydrogen-bond donors (Lipinski definition) is 2. The van der Waals surface area contributed by atoms with Crippen LogP contribution < -0.4 is 10.2 Å². The Labute approximate surface area is 123 Å². The molecule has 0 spiro atoms. The number of hydrogen-bond acceptors (Lipinski definition) is 2. The van der Waals surface area contributed by atoms with Crippen LogP contribution in [0.4, 0.5) is 15.3 Å². The number of rotatable bonds is 1. The summed E-state index contributed by atoms with van der Waals surface area (Å²) >= 11 is 0. The monoisotopic (exact) mass is 289 g/mol. The van der Waals surface area contributed by atoms with Crippen molar-refractivity contribution in [1.29, 1.82) is 0 Å². The quantitative estimate of drug-likeness (QED) is 0.829. The first-order valence-electron chi connectivity index (χ1n) is 7.29. The normalized spacial score (nSPS) is 19.7. The van der Waals surface area contributed by atoms with Gasteiger partial charge < -0.3 is 15.3 Å². The second-order valence-electron chi connectivity index (χ2n) is 5.48. The van der Waals surface area contributed by atoms with Crippen LogP contribution in [0.25, 0.3) is 0 Å². The van der Waals surface area contributed by atoms with Crippen molar-refractivity contribution in [2.24, 2.45) is 0 Å². The number of urea groups is 1. The van der Waals surface area contributed by atoms with Gasteiger partial charge in [0.05, 0.1) is 0 Å². The van der Waals surface area contributed by atoms with Crippen molar-refractivity contribution in [2.45, 2.75) is 25.3 Å². The first-order chi connectivity index (χ1) is 10.2. The average molecular weight is 289 g/mol. The van der Waals surface area contributed by atoms with E-state index in [-0.39, 0.29) is 12.1 Å². The van der Waals surface area contributed by atoms with E-state index in [1.54, 1.807) is 0 Å². The third-order valence-electron chi connectivity index (χ3n) is 4.24. The maximum absolute atomic E-state index is 12.4. The Morgan fingerprint density at radius 1 is 1.24 bits per heavy atom. The second kappa shape index (κ2) is 5.63. The maximum Gasteiger partial charge on any atom is 0.407 e. The molecule has 0 bridgehead atoms. The van der Waals surface area contributed by atoms with Crippen molar-refractivity contribution in [3.63, 3.8) is 0 Å². The number of anilines is 1. The van der Waals surface area contributed by atoms with Crippen LogP contribution in [-0.2, 0) is 6.42 Å². The molecule has 21 heavy (non-hydrogen) atoms. The zero-order valence-corrected chi connectivity index (χ0v) is 11.8. The van der Waals surface area contributed by atoms with Crippen molar-refractivity contribution in [3.05, 3.63) is 29.8 Å². The van der Waals surface area contributed by atoms with Gasteiger partial charge in [0.2, 0.25) is 0 Å². The summed E-state index contributed by atoms with van der Waals surface area (Å²) in [5, 5.41) is 12.0. The molecular formula is C15H19N3O3. The fraction of sp³-hybridized carbons (Fsp3) is 0.467. The van der Waals surface area contributed by atoms with E-state index < -0.39 is 6.09 Å². The highest BCUT2D eigenvalue weighted by Crippen LogP contribution is 2.28. The summed E-state index contributed by atoms with van der Waals surface area (Å²) in [7, 11) is 0. The summed E-state index contributed by atoms with van der Waals surface area (Å²) in [4.78, 5) is 26.6. The van der Waals surface area contributed by atoms with Gasteiger partial charge in [-0.3, -0.25) is 4.90 Å². The van der Waals surface area contributed by atoms with E-state index >= 15 is 0 Å². The summed E-state index contributed by atoms with van der Waals surface area (Å²) in [6.45, 7) is 1.60. The number of nitrogens with zero attached hydrogens (tertiary/aromatic N) is 2. The summed E-state index contributed by atoms with van der Waals surface area (Å²) < 4.78 is 0. The lowest BCUT2D eigenvalue weighted by molar-refractivity contribution is 0.132. The molecule has 0 aromatic heterocycles. The molecule has 3 amide bonds. The highest BCUT2D eigenvalue weighted by Gasteiger charge is 2.32. The lowest BCUT2D eigenvalue weighted by Crippen LogP contribution is -2.51. The van der Waals surface area contributed by atoms with Crippen molar-refractivity contribution in [2.75, 3.05) is 24.5 Å². The molecule has 0 unspecified atom stereocenters. The molecule has 0 saturated carbocycles. The largest absolute Gasteiger partial charge is 0.465 e. The maximum atomic E-state index is 12.4. The van der Waals surface area contributed by atoms with Crippen molar-refractivity contribution in [3.8, 4) is 0 Å². The highest BCUT2D eigenvalue weighted by atomic mass is 16.4. The zero-order valence-electron chi connectivity index (χ0n) is 11.8. The Balaban J connectivity index is 1.83. The van der Waals surface area contributed by atoms with Crippen LogP contribution in [-0.4, -0.2) is 47.8 Å². The molecule has 1 aromatic rings. The molecule has 6 heteroatoms. The summed E-state index contributed by atoms with van der Waals surface area (Å²) in [6, 6.07) is 7.93. The molecule has 1 fully saturated rings. The van der Waals surface area contributed by atoms with Crippen LogP contribution >= 0.6 is 0 Å². The molecule has 2 aliphatic rings. The smallest absolute Gasteiger partial charge is 0.407 e. The Hall–Kier alpha value is -2.24. The van der Waals surface area contributed by atoms with Gasteiger partial charge in [-0.1, -0.05) is 18.2 Å². The van der Waals surface area contributed by atoms with Crippen molar-refractivity contribution < 1.29 is 14.7 Å². The number of para-hydroxylation sites is 1. The van der Waals surface area contributed by atoms with Crippen LogP contribution in [0.3, 0.4) is 0 Å². The summed E-state index contributed by atoms with van der Waals surface area (Å²) in [6.07, 6.45) is 1.29. The van der Waals surface area contributed by atoms with Crippen LogP contribution in [0.5, 0.6) is 0 Å². The lowest BCUT2D eigenvalue weighted by atomic mass is 10.0. The molecule has 1 aromatic carbocycles. The number of carboxylic acid groups (broad SMARTS) is 1. The van der Waals surface area contributed by atoms with E-state index in [1.165, 1.54) is 4.90 Å². The highest BCUT2D eigenvalue weighted by molar-refractivity contribution is 5.94. The van der Waals surface area contributed by atoms with Crippen LogP contribution in [0, 0.1) is 0 Å². The van der Waals surface area contributed by atoms with Gasteiger partial charge in [0.15, 0.2) is 0 Å². The van der Waals surface area contributed by atoms with Gasteiger partial charge in [0.1, 0.15) is 0 Å². The van der Waals surface area contributed by atoms with E-state index in [9.17, 15) is 9.59 Å². The topological polar surface area (TPSA) is 72.9 Å². The third-order valence-corrected chi connectivity index (χ3v) is 4.24. The van der Waals surface area contributed by atoms with Gasteiger partial charge in [-0.25, -0.2) is 9.59 Å². The van der Waals surface area contributed by atoms with E-state index in [0.29, 0.717) is 32.5 Å². The van der Waals surface area contributed by atoms with Gasteiger partial charge in [-0.15, -0.1) is 0 Å². The predicted molar refractivity (Wildman–Crippen MR) is 78.6 cm³/mol. The number of nitrogens with one attached hydrogen (secondary N) is 1. The number of piperidine rings is 1. The Morgan fingerprint density at radius 3 is 2.67 bits per heavy atom. The molecule has 2 aliphatic heterocycles. The molecule has 112 valence electrons. The standard InChI is InChI=1S/C15H19N3O3/c19-14-16-8-5-11-3-1-2-4-13(11)18(14)12-6-9-17(10-7-12)15(20)21/h1-4,12H,5-10H2,(H,16,19)(H,20,21). The fourth-order valence-electron chi connectivity index (χ4n) is 3.13. The number of carbonyl (C=O) groups is 2. The van der Waals surface area contributed by atoms with Gasteiger partial charge in [-0.2, -0.15) is 0 Å². The molecule has 0 aliphatic carbocycles. The van der Waals surface area contributed by atoms with Crippen molar-refractivity contribution >= 4 is 17.8 Å². The summed E-state index contributed by atoms with van der Waals surface area (Å²) in [5.41, 5.74) is 2.12. The van der Waals surface area contributed by atoms with Crippen molar-refractivity contribution in [1.82, 2.24) is 10.2 Å². The third kappa shape index (κ3) is 2.66. The molecule has 0 radical (unpaired) electrons. The number of carbonyl (C=O) groups excluding carboxylic acids is 1. The average Bonchev–Trinajstić information content (AvgIpc) is 2.65. The molecule has 2 heterocycles. The molecule has 2 N–H and O–H groups in total. The minimum absolute atomic E-state index is 0.0554. The van der Waals surface area contributed by atoms with E-state index in [0.717, 1.165) is 17.7 Å². The lowest BCUT2D eigenvalue weighted by Gasteiger charge is -2.37. The molecule has 1 saturated heterocycles. The van der Waals surface area contributed by atoms with Crippen LogP contribution in [0.1, 0.15) is 18.4 Å². The van der Waals surface area contributed by atoms with E-state index in [1.807, 2.05) is 23.1 Å². The molecule has 6 nitrogen and oxygen atoms in total. The number of benzene rings is 1. The van der Waals surface area contributed by atoms with Crippen LogP contribution in [0.2, 0.25) is 0 Å². The number of fused-ring (bicyclic) bond motifs is 1. The van der Waals surface area contributed by atoms with E-state index in [4.69, 9.17) is 5.11 Å². The number of likely N-dealkylation sites (tertiary alicyclic amines) is 1. The molecule has 3 rings (SSSR count). The Kier molecular flexibility index (Phi) is 3.68. The first kappa shape index (κ1) is 13.7. The zero-order chi connectivity index (χ0) is 14.8. The van der Waals surface area contributed by atoms with Gasteiger partial charge in [0.25, 0.3) is 0 Å². The summed E-state index contributed by atoms with van der Waals surface area (Å²) in [5.74, 6) is 0. The second-order valence-corrected chi connectivity index (χ2v) is 5.48. The Morgan fingerprint density at radius 2 is 1.95 bits per heavy atom. The first-order valence-corrected chi connectivity index (χ1v) is 7.29. The SMILES string of the molecule is O=C(O)N1CCC(N2C(=O)NCCc3ccccc32)CC1. The minimum atomic E-state index is -0.880. The predicted octanol–water partition coefficient (Wildman–Crippen LogP) is 1.90. The van der Waals surface area contributed by atoms with Gasteiger partial charge in [0, 0.05) is 31.4 Å². The molecule has 0 atom stereocenters. The van der Waals surface area contributed by atoms with Gasteiger partial charge in [-0.05, 0) is 30.9 Å². The Bertz CT molecular complexity index is 553. The van der Waals surface area contributed by atoms with Gasteiger partial charge >= 0.3 is 12.1 Å². The molecular weight excluding hydrogens is 270 g/mol. The fourth-order valence-corrected chi connectivity index (χ4v) is 3.13.